The van der Waals surface area contributed by atoms with Gasteiger partial charge in [-0.25, -0.2) is 8.42 Å². The number of hydrogen-bond acceptors (Lipinski definition) is 4. The first-order chi connectivity index (χ1) is 13.9. The van der Waals surface area contributed by atoms with E-state index in [0.29, 0.717) is 30.8 Å². The summed E-state index contributed by atoms with van der Waals surface area (Å²) in [6.45, 7) is 5.01. The quantitative estimate of drug-likeness (QED) is 0.674. The fraction of sp³-hybridized carbons (Fsp3) is 0.409. The molecular weight excluding hydrogens is 404 g/mol. The molecule has 1 N–H and O–H groups in total. The number of carbonyl (C=O) groups is 1. The average molecular weight is 433 g/mol. The third kappa shape index (κ3) is 5.76. The van der Waals surface area contributed by atoms with E-state index in [2.05, 4.69) is 36.5 Å². The lowest BCUT2D eigenvalue weighted by Gasteiger charge is -2.29. The Morgan fingerprint density at radius 2 is 1.97 bits per heavy atom. The summed E-state index contributed by atoms with van der Waals surface area (Å²) in [7, 11) is -3.30. The highest BCUT2D eigenvalue weighted by atomic mass is 32.2. The number of rotatable bonds is 7. The Morgan fingerprint density at radius 3 is 2.72 bits per heavy atom. The van der Waals surface area contributed by atoms with Crippen molar-refractivity contribution in [1.29, 1.82) is 0 Å². The second kappa shape index (κ2) is 9.67. The molecule has 1 aliphatic heterocycles. The van der Waals surface area contributed by atoms with Gasteiger partial charge in [0.25, 0.3) is 5.91 Å². The number of benzene rings is 2. The Balaban J connectivity index is 1.55. The lowest BCUT2D eigenvalue weighted by Crippen LogP contribution is -2.38. The van der Waals surface area contributed by atoms with Crippen LogP contribution in [0.1, 0.15) is 39.9 Å². The molecule has 3 rings (SSSR count). The van der Waals surface area contributed by atoms with E-state index in [1.54, 1.807) is 23.9 Å². The van der Waals surface area contributed by atoms with Crippen LogP contribution in [0.2, 0.25) is 0 Å². The normalized spacial score (nSPS) is 15.9. The number of sulfonamides is 1. The molecule has 0 saturated carbocycles. The maximum Gasteiger partial charge on any atom is 0.251 e. The van der Waals surface area contributed by atoms with E-state index in [1.165, 1.54) is 15.4 Å². The van der Waals surface area contributed by atoms with Crippen molar-refractivity contribution >= 4 is 33.4 Å². The second-order valence-electron chi connectivity index (χ2n) is 7.39. The molecule has 0 spiro atoms. The van der Waals surface area contributed by atoms with Crippen LogP contribution in [0.3, 0.4) is 0 Å². The molecule has 5 nitrogen and oxygen atoms in total. The van der Waals surface area contributed by atoms with Crippen LogP contribution in [-0.2, 0) is 15.8 Å². The minimum absolute atomic E-state index is 0.168. The van der Waals surface area contributed by atoms with Gasteiger partial charge in [-0.15, -0.1) is 0 Å². The molecule has 0 aliphatic carbocycles. The minimum Gasteiger partial charge on any atom is -0.351 e. The zero-order valence-corrected chi connectivity index (χ0v) is 18.6. The van der Waals surface area contributed by atoms with Crippen LogP contribution in [0.15, 0.2) is 42.5 Å². The van der Waals surface area contributed by atoms with Gasteiger partial charge in [-0.3, -0.25) is 9.10 Å². The number of anilines is 1. The average Bonchev–Trinajstić information content (AvgIpc) is 2.68. The van der Waals surface area contributed by atoms with Crippen molar-refractivity contribution in [2.45, 2.75) is 32.4 Å². The van der Waals surface area contributed by atoms with Crippen molar-refractivity contribution < 1.29 is 13.2 Å². The number of hydrogen-bond donors (Lipinski definition) is 1. The van der Waals surface area contributed by atoms with Crippen LogP contribution in [-0.4, -0.2) is 38.9 Å². The molecule has 0 bridgehead atoms. The Morgan fingerprint density at radius 1 is 1.14 bits per heavy atom. The lowest BCUT2D eigenvalue weighted by atomic mass is 10.1. The molecule has 1 aliphatic rings. The van der Waals surface area contributed by atoms with Gasteiger partial charge < -0.3 is 5.32 Å². The summed E-state index contributed by atoms with van der Waals surface area (Å²) in [5.41, 5.74) is 4.51. The third-order valence-electron chi connectivity index (χ3n) is 4.97. The number of aryl methyl sites for hydroxylation is 2. The number of nitrogens with zero attached hydrogens (tertiary/aromatic N) is 1. The smallest absolute Gasteiger partial charge is 0.251 e. The van der Waals surface area contributed by atoms with E-state index in [4.69, 9.17) is 0 Å². The van der Waals surface area contributed by atoms with Crippen molar-refractivity contribution in [1.82, 2.24) is 5.32 Å². The highest BCUT2D eigenvalue weighted by molar-refractivity contribution is 7.98. The van der Waals surface area contributed by atoms with Crippen molar-refractivity contribution in [3.8, 4) is 0 Å². The summed E-state index contributed by atoms with van der Waals surface area (Å²) < 4.78 is 26.3. The predicted octanol–water partition coefficient (Wildman–Crippen LogP) is 3.90. The summed E-state index contributed by atoms with van der Waals surface area (Å²) in [5, 5.41) is 2.94. The van der Waals surface area contributed by atoms with E-state index >= 15 is 0 Å². The highest BCUT2D eigenvalue weighted by Crippen LogP contribution is 2.28. The molecule has 1 saturated heterocycles. The summed E-state index contributed by atoms with van der Waals surface area (Å²) in [6.07, 6.45) is 1.53. The largest absolute Gasteiger partial charge is 0.351 e. The molecule has 156 valence electrons. The monoisotopic (exact) mass is 432 g/mol. The van der Waals surface area contributed by atoms with Gasteiger partial charge in [-0.05, 0) is 49.9 Å². The molecule has 2 aromatic rings. The second-order valence-corrected chi connectivity index (χ2v) is 10.5. The van der Waals surface area contributed by atoms with Gasteiger partial charge in [-0.2, -0.15) is 11.8 Å². The molecule has 0 radical (unpaired) electrons. The Labute approximate surface area is 177 Å². The van der Waals surface area contributed by atoms with E-state index in [9.17, 15) is 13.2 Å². The van der Waals surface area contributed by atoms with Gasteiger partial charge in [0, 0.05) is 30.2 Å². The van der Waals surface area contributed by atoms with Gasteiger partial charge in [0.2, 0.25) is 10.0 Å². The molecule has 2 aromatic carbocycles. The molecule has 29 heavy (non-hydrogen) atoms. The maximum absolute atomic E-state index is 12.5. The van der Waals surface area contributed by atoms with Crippen molar-refractivity contribution in [2.24, 2.45) is 0 Å². The number of amides is 1. The van der Waals surface area contributed by atoms with Crippen LogP contribution in [0, 0.1) is 13.8 Å². The molecule has 1 heterocycles. The minimum atomic E-state index is -3.30. The molecule has 0 atom stereocenters. The van der Waals surface area contributed by atoms with Crippen LogP contribution < -0.4 is 9.62 Å². The van der Waals surface area contributed by atoms with Crippen LogP contribution >= 0.6 is 11.8 Å². The van der Waals surface area contributed by atoms with Crippen molar-refractivity contribution in [2.75, 3.05) is 28.9 Å². The van der Waals surface area contributed by atoms with Crippen molar-refractivity contribution in [3.63, 3.8) is 0 Å². The number of thioether (sulfide) groups is 1. The van der Waals surface area contributed by atoms with Gasteiger partial charge >= 0.3 is 0 Å². The van der Waals surface area contributed by atoms with Gasteiger partial charge in [-0.1, -0.05) is 35.9 Å². The summed E-state index contributed by atoms with van der Waals surface area (Å²) in [4.78, 5) is 12.5. The van der Waals surface area contributed by atoms with E-state index < -0.39 is 10.0 Å². The van der Waals surface area contributed by atoms with Gasteiger partial charge in [0.15, 0.2) is 0 Å². The number of nitrogens with one attached hydrogen (secondary N) is 1. The SMILES string of the molecule is Cc1cccc(CSCCNC(=O)c2ccc(C)c(N3CCCCS3(=O)=O)c2)c1. The van der Waals surface area contributed by atoms with Gasteiger partial charge in [0.05, 0.1) is 11.4 Å². The molecule has 1 fully saturated rings. The lowest BCUT2D eigenvalue weighted by molar-refractivity contribution is 0.0956. The first kappa shape index (κ1) is 21.7. The summed E-state index contributed by atoms with van der Waals surface area (Å²) in [6, 6.07) is 13.7. The van der Waals surface area contributed by atoms with Crippen LogP contribution in [0.4, 0.5) is 5.69 Å². The Hall–Kier alpha value is -1.99. The van der Waals surface area contributed by atoms with Crippen LogP contribution in [0.5, 0.6) is 0 Å². The zero-order valence-electron chi connectivity index (χ0n) is 17.0. The van der Waals surface area contributed by atoms with Crippen molar-refractivity contribution in [3.05, 3.63) is 64.7 Å². The van der Waals surface area contributed by atoms with E-state index in [1.807, 2.05) is 13.0 Å². The molecule has 0 unspecified atom stereocenters. The fourth-order valence-electron chi connectivity index (χ4n) is 3.41. The Kier molecular flexibility index (Phi) is 7.24. The topological polar surface area (TPSA) is 66.5 Å². The van der Waals surface area contributed by atoms with Gasteiger partial charge in [0.1, 0.15) is 0 Å². The predicted molar refractivity (Wildman–Crippen MR) is 121 cm³/mol. The number of carbonyl (C=O) groups excluding carboxylic acids is 1. The fourth-order valence-corrected chi connectivity index (χ4v) is 5.91. The highest BCUT2D eigenvalue weighted by Gasteiger charge is 2.27. The molecule has 7 heteroatoms. The molecule has 1 amide bonds. The Bertz CT molecular complexity index is 974. The molecular formula is C22H28N2O3S2. The first-order valence-corrected chi connectivity index (χ1v) is 12.7. The van der Waals surface area contributed by atoms with Crippen LogP contribution in [0.25, 0.3) is 0 Å². The third-order valence-corrected chi connectivity index (χ3v) is 7.86. The zero-order chi connectivity index (χ0) is 20.9. The summed E-state index contributed by atoms with van der Waals surface area (Å²) in [5.74, 6) is 1.73. The first-order valence-electron chi connectivity index (χ1n) is 9.89. The standard InChI is InChI=1S/C22H28N2O3S2/c1-17-6-5-7-19(14-17)16-28-12-10-23-22(25)20-9-8-18(2)21(15-20)24-11-3-4-13-29(24,26)27/h5-9,14-15H,3-4,10-13,16H2,1-2H3,(H,23,25). The summed E-state index contributed by atoms with van der Waals surface area (Å²) >= 11 is 1.78. The van der Waals surface area contributed by atoms with E-state index in [0.717, 1.165) is 23.5 Å². The maximum atomic E-state index is 12.5. The molecule has 0 aromatic heterocycles. The van der Waals surface area contributed by atoms with E-state index in [-0.39, 0.29) is 11.7 Å².